The summed E-state index contributed by atoms with van der Waals surface area (Å²) in [7, 11) is 3.19. The van der Waals surface area contributed by atoms with Crippen LogP contribution in [0.15, 0.2) is 60.0 Å². The van der Waals surface area contributed by atoms with E-state index in [1.807, 2.05) is 49.6 Å². The number of esters is 1. The number of amides is 3. The van der Waals surface area contributed by atoms with E-state index in [-0.39, 0.29) is 31.1 Å². The van der Waals surface area contributed by atoms with E-state index in [1.165, 1.54) is 0 Å². The Morgan fingerprint density at radius 2 is 1.71 bits per heavy atom. The van der Waals surface area contributed by atoms with Gasteiger partial charge in [-0.1, -0.05) is 19.1 Å². The third-order valence-corrected chi connectivity index (χ3v) is 7.60. The van der Waals surface area contributed by atoms with Crippen molar-refractivity contribution < 1.29 is 28.6 Å². The molecule has 3 rings (SSSR count). The van der Waals surface area contributed by atoms with Gasteiger partial charge in [-0.25, -0.2) is 9.59 Å². The van der Waals surface area contributed by atoms with Gasteiger partial charge in [-0.05, 0) is 80.1 Å². The SMILES string of the molecule is CCOC(=O)c1ccc(NC(=O)N(CC(=O)N(CCc2ccc(OC)c(OC)c2)Cc2cccs2)C(C)CC)cc1. The highest BCUT2D eigenvalue weighted by molar-refractivity contribution is 7.09. The van der Waals surface area contributed by atoms with Crippen LogP contribution in [0.3, 0.4) is 0 Å². The highest BCUT2D eigenvalue weighted by atomic mass is 32.1. The lowest BCUT2D eigenvalue weighted by molar-refractivity contribution is -0.132. The van der Waals surface area contributed by atoms with Gasteiger partial charge in [0.25, 0.3) is 0 Å². The van der Waals surface area contributed by atoms with Gasteiger partial charge < -0.3 is 29.3 Å². The van der Waals surface area contributed by atoms with Crippen molar-refractivity contribution in [1.82, 2.24) is 9.80 Å². The van der Waals surface area contributed by atoms with Gasteiger partial charge in [-0.15, -0.1) is 11.3 Å². The van der Waals surface area contributed by atoms with E-state index >= 15 is 0 Å². The van der Waals surface area contributed by atoms with Crippen LogP contribution in [-0.2, 0) is 22.5 Å². The Bertz CT molecular complexity index is 1280. The molecular weight excluding hydrogens is 542 g/mol. The van der Waals surface area contributed by atoms with Gasteiger partial charge in [0.05, 0.1) is 32.9 Å². The highest BCUT2D eigenvalue weighted by Gasteiger charge is 2.25. The first-order chi connectivity index (χ1) is 19.8. The number of methoxy groups -OCH3 is 2. The van der Waals surface area contributed by atoms with E-state index < -0.39 is 5.97 Å². The molecule has 1 aromatic heterocycles. The molecule has 10 heteroatoms. The first-order valence-corrected chi connectivity index (χ1v) is 14.5. The predicted octanol–water partition coefficient (Wildman–Crippen LogP) is 5.85. The summed E-state index contributed by atoms with van der Waals surface area (Å²) in [4.78, 5) is 43.4. The van der Waals surface area contributed by atoms with E-state index in [2.05, 4.69) is 5.32 Å². The van der Waals surface area contributed by atoms with Crippen LogP contribution in [0.25, 0.3) is 0 Å². The number of carbonyl (C=O) groups is 3. The predicted molar refractivity (Wildman–Crippen MR) is 161 cm³/mol. The van der Waals surface area contributed by atoms with Crippen LogP contribution in [0.1, 0.15) is 48.0 Å². The molecule has 0 fully saturated rings. The van der Waals surface area contributed by atoms with Gasteiger partial charge in [0.2, 0.25) is 5.91 Å². The summed E-state index contributed by atoms with van der Waals surface area (Å²) in [5.41, 5.74) is 1.93. The second kappa shape index (κ2) is 15.7. The van der Waals surface area contributed by atoms with Crippen LogP contribution < -0.4 is 14.8 Å². The third kappa shape index (κ3) is 8.97. The summed E-state index contributed by atoms with van der Waals surface area (Å²) < 4.78 is 15.8. The Morgan fingerprint density at radius 1 is 0.976 bits per heavy atom. The number of hydrogen-bond donors (Lipinski definition) is 1. The molecule has 41 heavy (non-hydrogen) atoms. The fourth-order valence-corrected chi connectivity index (χ4v) is 4.90. The second-order valence-corrected chi connectivity index (χ2v) is 10.5. The standard InChI is InChI=1S/C31H39N3O6S/c1-6-22(3)34(31(37)32-25-13-11-24(12-14-25)30(36)40-7-2)21-29(35)33(20-26-9-8-18-41-26)17-16-23-10-15-27(38-4)28(19-23)39-5/h8-15,18-19,22H,6-7,16-17,20-21H2,1-5H3,(H,32,37). The maximum atomic E-state index is 13.7. The summed E-state index contributed by atoms with van der Waals surface area (Å²) in [5, 5.41) is 4.85. The molecule has 0 radical (unpaired) electrons. The van der Waals surface area contributed by atoms with Crippen molar-refractivity contribution in [2.24, 2.45) is 0 Å². The average Bonchev–Trinajstić information content (AvgIpc) is 3.51. The molecule has 1 atom stereocenters. The van der Waals surface area contributed by atoms with Crippen molar-refractivity contribution in [3.05, 3.63) is 76.0 Å². The van der Waals surface area contributed by atoms with Gasteiger partial charge in [0.15, 0.2) is 11.5 Å². The molecule has 9 nitrogen and oxygen atoms in total. The minimum atomic E-state index is -0.420. The molecule has 0 spiro atoms. The van der Waals surface area contributed by atoms with Crippen molar-refractivity contribution in [2.45, 2.75) is 46.2 Å². The number of nitrogens with zero attached hydrogens (tertiary/aromatic N) is 2. The van der Waals surface area contributed by atoms with Gasteiger partial charge in [0.1, 0.15) is 6.54 Å². The number of hydrogen-bond acceptors (Lipinski definition) is 7. The average molecular weight is 582 g/mol. The molecule has 3 aromatic rings. The number of rotatable bonds is 14. The number of thiophene rings is 1. The molecule has 0 saturated carbocycles. The minimum Gasteiger partial charge on any atom is -0.493 e. The Labute approximate surface area is 246 Å². The van der Waals surface area contributed by atoms with Gasteiger partial charge in [0, 0.05) is 23.2 Å². The molecule has 3 amide bonds. The molecule has 0 aliphatic heterocycles. The lowest BCUT2D eigenvalue weighted by Crippen LogP contribution is -2.48. The Balaban J connectivity index is 1.73. The maximum absolute atomic E-state index is 13.7. The van der Waals surface area contributed by atoms with Gasteiger partial charge in [-0.2, -0.15) is 0 Å². The summed E-state index contributed by atoms with van der Waals surface area (Å²) in [6.07, 6.45) is 1.29. The quantitative estimate of drug-likeness (QED) is 0.240. The number of anilines is 1. The second-order valence-electron chi connectivity index (χ2n) is 9.45. The molecule has 220 valence electrons. The molecule has 1 heterocycles. The Morgan fingerprint density at radius 3 is 2.32 bits per heavy atom. The van der Waals surface area contributed by atoms with Crippen LogP contribution >= 0.6 is 11.3 Å². The minimum absolute atomic E-state index is 0.0704. The number of carbonyl (C=O) groups excluding carboxylic acids is 3. The van der Waals surface area contributed by atoms with Crippen molar-refractivity contribution in [3.8, 4) is 11.5 Å². The smallest absolute Gasteiger partial charge is 0.338 e. The summed E-state index contributed by atoms with van der Waals surface area (Å²) >= 11 is 1.59. The number of urea groups is 1. The van der Waals surface area contributed by atoms with Crippen LogP contribution in [-0.4, -0.2) is 67.7 Å². The summed E-state index contributed by atoms with van der Waals surface area (Å²) in [6, 6.07) is 15.6. The van der Waals surface area contributed by atoms with Crippen molar-refractivity contribution in [2.75, 3.05) is 39.2 Å². The lowest BCUT2D eigenvalue weighted by Gasteiger charge is -2.31. The first-order valence-electron chi connectivity index (χ1n) is 13.6. The lowest BCUT2D eigenvalue weighted by atomic mass is 10.1. The van der Waals surface area contributed by atoms with E-state index in [9.17, 15) is 14.4 Å². The molecule has 0 aliphatic rings. The maximum Gasteiger partial charge on any atom is 0.338 e. The topological polar surface area (TPSA) is 97.4 Å². The number of ether oxygens (including phenoxy) is 3. The number of nitrogens with one attached hydrogen (secondary N) is 1. The molecule has 0 bridgehead atoms. The zero-order valence-corrected chi connectivity index (χ0v) is 25.2. The van der Waals surface area contributed by atoms with Crippen molar-refractivity contribution in [1.29, 1.82) is 0 Å². The zero-order valence-electron chi connectivity index (χ0n) is 24.3. The monoisotopic (exact) mass is 581 g/mol. The Kier molecular flexibility index (Phi) is 12.0. The van der Waals surface area contributed by atoms with E-state index in [0.29, 0.717) is 48.7 Å². The molecular formula is C31H39N3O6S. The van der Waals surface area contributed by atoms with E-state index in [1.54, 1.807) is 66.5 Å². The summed E-state index contributed by atoms with van der Waals surface area (Å²) in [6.45, 7) is 6.78. The molecule has 1 unspecified atom stereocenters. The molecule has 1 N–H and O–H groups in total. The van der Waals surface area contributed by atoms with Gasteiger partial charge >= 0.3 is 12.0 Å². The van der Waals surface area contributed by atoms with Crippen molar-refractivity contribution in [3.63, 3.8) is 0 Å². The largest absolute Gasteiger partial charge is 0.493 e. The van der Waals surface area contributed by atoms with Crippen LogP contribution in [0, 0.1) is 0 Å². The first kappa shape index (κ1) is 31.5. The normalized spacial score (nSPS) is 11.3. The molecule has 0 saturated heterocycles. The van der Waals surface area contributed by atoms with E-state index in [4.69, 9.17) is 14.2 Å². The fraction of sp³-hybridized carbons (Fsp3) is 0.387. The van der Waals surface area contributed by atoms with E-state index in [0.717, 1.165) is 10.4 Å². The van der Waals surface area contributed by atoms with Crippen LogP contribution in [0.5, 0.6) is 11.5 Å². The van der Waals surface area contributed by atoms with Gasteiger partial charge in [-0.3, -0.25) is 4.79 Å². The van der Waals surface area contributed by atoms with Crippen molar-refractivity contribution >= 4 is 34.9 Å². The fourth-order valence-electron chi connectivity index (χ4n) is 4.18. The van der Waals surface area contributed by atoms with Crippen LogP contribution in [0.4, 0.5) is 10.5 Å². The highest BCUT2D eigenvalue weighted by Crippen LogP contribution is 2.28. The molecule has 0 aliphatic carbocycles. The third-order valence-electron chi connectivity index (χ3n) is 6.73. The number of benzene rings is 2. The molecule has 2 aromatic carbocycles. The Hall–Kier alpha value is -4.05. The zero-order chi connectivity index (χ0) is 29.8. The summed E-state index contributed by atoms with van der Waals surface area (Å²) in [5.74, 6) is 0.715. The van der Waals surface area contributed by atoms with Crippen LogP contribution in [0.2, 0.25) is 0 Å².